The maximum Gasteiger partial charge on any atom is 0.254 e. The lowest BCUT2D eigenvalue weighted by Crippen LogP contribution is -2.31. The third kappa shape index (κ3) is 5.57. The van der Waals surface area contributed by atoms with Crippen molar-refractivity contribution in [3.8, 4) is 5.75 Å². The van der Waals surface area contributed by atoms with Gasteiger partial charge in [-0.25, -0.2) is 4.98 Å². The number of thiazole rings is 1. The molecule has 28 heavy (non-hydrogen) atoms. The molecule has 1 heterocycles. The second kappa shape index (κ2) is 9.71. The number of nitrogens with zero attached hydrogens (tertiary/aromatic N) is 2. The molecule has 0 radical (unpaired) electrons. The SMILES string of the molecule is CCCN(Cc1csc(COc2cccc(C)c2)n1)C(=O)c1ccc(Cl)cc1. The number of aryl methyl sites for hydroxylation is 1. The molecule has 0 saturated heterocycles. The maximum absolute atomic E-state index is 12.8. The van der Waals surface area contributed by atoms with Crippen LogP contribution in [0.4, 0.5) is 0 Å². The van der Waals surface area contributed by atoms with Gasteiger partial charge in [0.1, 0.15) is 17.4 Å². The smallest absolute Gasteiger partial charge is 0.254 e. The van der Waals surface area contributed by atoms with Crippen molar-refractivity contribution in [1.29, 1.82) is 0 Å². The van der Waals surface area contributed by atoms with E-state index in [2.05, 4.69) is 11.9 Å². The molecule has 0 aliphatic carbocycles. The number of carbonyl (C=O) groups excluding carboxylic acids is 1. The first kappa shape index (κ1) is 20.4. The lowest BCUT2D eigenvalue weighted by molar-refractivity contribution is 0.0741. The zero-order chi connectivity index (χ0) is 19.9. The number of hydrogen-bond donors (Lipinski definition) is 0. The van der Waals surface area contributed by atoms with Crippen molar-refractivity contribution in [1.82, 2.24) is 9.88 Å². The van der Waals surface area contributed by atoms with Crippen LogP contribution in [0.15, 0.2) is 53.9 Å². The van der Waals surface area contributed by atoms with Crippen LogP contribution >= 0.6 is 22.9 Å². The van der Waals surface area contributed by atoms with Gasteiger partial charge in [0, 0.05) is 22.5 Å². The fraction of sp³-hybridized carbons (Fsp3) is 0.273. The molecule has 0 N–H and O–H groups in total. The van der Waals surface area contributed by atoms with E-state index in [9.17, 15) is 4.79 Å². The van der Waals surface area contributed by atoms with E-state index >= 15 is 0 Å². The third-order valence-corrected chi connectivity index (χ3v) is 5.30. The number of carbonyl (C=O) groups is 1. The zero-order valence-electron chi connectivity index (χ0n) is 16.0. The first-order chi connectivity index (χ1) is 13.5. The highest BCUT2D eigenvalue weighted by molar-refractivity contribution is 7.09. The van der Waals surface area contributed by atoms with Crippen LogP contribution in [0.2, 0.25) is 5.02 Å². The average Bonchev–Trinajstić information content (AvgIpc) is 3.14. The van der Waals surface area contributed by atoms with Crippen molar-refractivity contribution in [2.45, 2.75) is 33.4 Å². The molecule has 3 rings (SSSR count). The number of ether oxygens (including phenoxy) is 1. The molecule has 2 aromatic carbocycles. The van der Waals surface area contributed by atoms with E-state index in [4.69, 9.17) is 16.3 Å². The molecule has 0 saturated carbocycles. The van der Waals surface area contributed by atoms with Gasteiger partial charge < -0.3 is 9.64 Å². The molecule has 0 atom stereocenters. The van der Waals surface area contributed by atoms with Gasteiger partial charge in [-0.15, -0.1) is 11.3 Å². The normalized spacial score (nSPS) is 10.7. The minimum atomic E-state index is -0.0101. The number of benzene rings is 2. The second-order valence-corrected chi connectivity index (χ2v) is 7.95. The average molecular weight is 415 g/mol. The molecule has 0 aliphatic heterocycles. The highest BCUT2D eigenvalue weighted by Crippen LogP contribution is 2.19. The van der Waals surface area contributed by atoms with Crippen molar-refractivity contribution in [3.05, 3.63) is 80.8 Å². The molecule has 0 spiro atoms. The van der Waals surface area contributed by atoms with Gasteiger partial charge in [-0.3, -0.25) is 4.79 Å². The first-order valence-electron chi connectivity index (χ1n) is 9.22. The van der Waals surface area contributed by atoms with E-state index in [-0.39, 0.29) is 5.91 Å². The fourth-order valence-corrected chi connectivity index (χ4v) is 3.65. The van der Waals surface area contributed by atoms with Crippen molar-refractivity contribution in [2.24, 2.45) is 0 Å². The van der Waals surface area contributed by atoms with E-state index in [0.717, 1.165) is 28.4 Å². The minimum absolute atomic E-state index is 0.0101. The van der Waals surface area contributed by atoms with Gasteiger partial charge in [-0.1, -0.05) is 30.7 Å². The molecule has 1 aromatic heterocycles. The Kier molecular flexibility index (Phi) is 7.06. The number of aromatic nitrogens is 1. The van der Waals surface area contributed by atoms with Crippen LogP contribution < -0.4 is 4.74 Å². The molecular formula is C22H23ClN2O2S. The summed E-state index contributed by atoms with van der Waals surface area (Å²) in [6, 6.07) is 14.9. The van der Waals surface area contributed by atoms with Gasteiger partial charge in [0.2, 0.25) is 0 Å². The largest absolute Gasteiger partial charge is 0.486 e. The van der Waals surface area contributed by atoms with Crippen molar-refractivity contribution < 1.29 is 9.53 Å². The Bertz CT molecular complexity index is 924. The molecule has 0 unspecified atom stereocenters. The van der Waals surface area contributed by atoms with E-state index in [1.807, 2.05) is 41.5 Å². The molecular weight excluding hydrogens is 392 g/mol. The van der Waals surface area contributed by atoms with Crippen molar-refractivity contribution in [3.63, 3.8) is 0 Å². The van der Waals surface area contributed by atoms with E-state index in [1.165, 1.54) is 0 Å². The van der Waals surface area contributed by atoms with Gasteiger partial charge in [-0.05, 0) is 55.3 Å². The Morgan fingerprint density at radius 1 is 1.21 bits per heavy atom. The van der Waals surface area contributed by atoms with Crippen LogP contribution in [-0.2, 0) is 13.2 Å². The highest BCUT2D eigenvalue weighted by Gasteiger charge is 2.17. The Hall–Kier alpha value is -2.37. The number of halogens is 1. The summed E-state index contributed by atoms with van der Waals surface area (Å²) >= 11 is 7.48. The van der Waals surface area contributed by atoms with E-state index < -0.39 is 0 Å². The Balaban J connectivity index is 1.63. The molecule has 0 aliphatic rings. The van der Waals surface area contributed by atoms with Crippen LogP contribution in [0.1, 0.15) is 40.0 Å². The van der Waals surface area contributed by atoms with E-state index in [0.29, 0.717) is 30.3 Å². The molecule has 1 amide bonds. The van der Waals surface area contributed by atoms with Crippen LogP contribution in [-0.4, -0.2) is 22.3 Å². The monoisotopic (exact) mass is 414 g/mol. The van der Waals surface area contributed by atoms with Crippen molar-refractivity contribution in [2.75, 3.05) is 6.54 Å². The molecule has 146 valence electrons. The third-order valence-electron chi connectivity index (χ3n) is 4.18. The summed E-state index contributed by atoms with van der Waals surface area (Å²) in [7, 11) is 0. The van der Waals surface area contributed by atoms with Crippen LogP contribution in [0.5, 0.6) is 5.75 Å². The van der Waals surface area contributed by atoms with Crippen LogP contribution in [0, 0.1) is 6.92 Å². The summed E-state index contributed by atoms with van der Waals surface area (Å²) in [6.45, 7) is 5.68. The van der Waals surface area contributed by atoms with Crippen molar-refractivity contribution >= 4 is 28.8 Å². The first-order valence-corrected chi connectivity index (χ1v) is 10.5. The highest BCUT2D eigenvalue weighted by atomic mass is 35.5. The Labute approximate surface area is 174 Å². The summed E-state index contributed by atoms with van der Waals surface area (Å²) in [4.78, 5) is 19.3. The quantitative estimate of drug-likeness (QED) is 0.472. The van der Waals surface area contributed by atoms with Gasteiger partial charge in [0.25, 0.3) is 5.91 Å². The van der Waals surface area contributed by atoms with E-state index in [1.54, 1.807) is 35.6 Å². The van der Waals surface area contributed by atoms with Crippen LogP contribution in [0.3, 0.4) is 0 Å². The Morgan fingerprint density at radius 3 is 2.71 bits per heavy atom. The number of hydrogen-bond acceptors (Lipinski definition) is 4. The summed E-state index contributed by atoms with van der Waals surface area (Å²) in [5.41, 5.74) is 2.67. The molecule has 6 heteroatoms. The zero-order valence-corrected chi connectivity index (χ0v) is 17.6. The summed E-state index contributed by atoms with van der Waals surface area (Å²) in [5, 5.41) is 3.51. The fourth-order valence-electron chi connectivity index (χ4n) is 2.83. The minimum Gasteiger partial charge on any atom is -0.486 e. The predicted molar refractivity (Wildman–Crippen MR) is 114 cm³/mol. The van der Waals surface area contributed by atoms with Gasteiger partial charge in [-0.2, -0.15) is 0 Å². The molecule has 0 fully saturated rings. The van der Waals surface area contributed by atoms with Gasteiger partial charge in [0.15, 0.2) is 0 Å². The summed E-state index contributed by atoms with van der Waals surface area (Å²) in [6.07, 6.45) is 0.882. The lowest BCUT2D eigenvalue weighted by atomic mass is 10.2. The molecule has 0 bridgehead atoms. The second-order valence-electron chi connectivity index (χ2n) is 6.57. The lowest BCUT2D eigenvalue weighted by Gasteiger charge is -2.21. The summed E-state index contributed by atoms with van der Waals surface area (Å²) in [5.74, 6) is 0.825. The van der Waals surface area contributed by atoms with Gasteiger partial charge >= 0.3 is 0 Å². The predicted octanol–water partition coefficient (Wildman–Crippen LogP) is 5.74. The Morgan fingerprint density at radius 2 is 2.00 bits per heavy atom. The number of rotatable bonds is 8. The maximum atomic E-state index is 12.8. The molecule has 4 nitrogen and oxygen atoms in total. The van der Waals surface area contributed by atoms with Crippen LogP contribution in [0.25, 0.3) is 0 Å². The topological polar surface area (TPSA) is 42.4 Å². The number of amides is 1. The summed E-state index contributed by atoms with van der Waals surface area (Å²) < 4.78 is 5.82. The molecule has 3 aromatic rings. The van der Waals surface area contributed by atoms with Gasteiger partial charge in [0.05, 0.1) is 12.2 Å². The standard InChI is InChI=1S/C22H23ClN2O2S/c1-3-11-25(22(26)17-7-9-18(23)10-8-17)13-19-15-28-21(24-19)14-27-20-6-4-5-16(2)12-20/h4-10,12,15H,3,11,13-14H2,1-2H3.